The largest absolute Gasteiger partial charge is 0.487 e. The lowest BCUT2D eigenvalue weighted by atomic mass is 10.1. The summed E-state index contributed by atoms with van der Waals surface area (Å²) in [6.45, 7) is 4.83. The first-order valence-electron chi connectivity index (χ1n) is 6.82. The van der Waals surface area contributed by atoms with Gasteiger partial charge in [-0.3, -0.25) is 9.69 Å². The quantitative estimate of drug-likeness (QED) is 0.913. The zero-order chi connectivity index (χ0) is 15.0. The number of nitrogens with zero attached hydrogens (tertiary/aromatic N) is 2. The first-order valence-corrected chi connectivity index (χ1v) is 7.70. The zero-order valence-electron chi connectivity index (χ0n) is 12.4. The molecule has 1 aromatic carbocycles. The van der Waals surface area contributed by atoms with Gasteiger partial charge in [-0.1, -0.05) is 6.07 Å². The van der Waals surface area contributed by atoms with Crippen LogP contribution < -0.4 is 15.4 Å². The van der Waals surface area contributed by atoms with Gasteiger partial charge in [0.25, 0.3) is 5.91 Å². The van der Waals surface area contributed by atoms with Crippen molar-refractivity contribution in [1.82, 2.24) is 4.98 Å². The highest BCUT2D eigenvalue weighted by Crippen LogP contribution is 2.35. The second kappa shape index (κ2) is 6.64. The zero-order valence-corrected chi connectivity index (χ0v) is 14.0. The number of ether oxygens (including phenoxy) is 1. The van der Waals surface area contributed by atoms with Crippen LogP contribution in [-0.4, -0.2) is 23.5 Å². The molecule has 5 nitrogen and oxygen atoms in total. The molecule has 1 amide bonds. The van der Waals surface area contributed by atoms with Crippen molar-refractivity contribution in [3.63, 3.8) is 0 Å². The third-order valence-electron chi connectivity index (χ3n) is 3.36. The number of carbonyl (C=O) groups is 1. The third kappa shape index (κ3) is 3.09. The van der Waals surface area contributed by atoms with Gasteiger partial charge in [-0.2, -0.15) is 0 Å². The van der Waals surface area contributed by atoms with E-state index in [1.54, 1.807) is 10.3 Å². The number of fused-ring (bicyclic) bond motifs is 1. The van der Waals surface area contributed by atoms with E-state index in [4.69, 9.17) is 10.5 Å². The molecule has 0 aliphatic carbocycles. The standard InChI is InChI=1S/C15H17N3O2S.ClH/c1-9-3-4-12-13(5-9)20-10(2)7-18(12)15(19)11-8-21-14(6-16)17-11;/h3-5,8,10H,6-7,16H2,1-2H3;1H. The summed E-state index contributed by atoms with van der Waals surface area (Å²) in [5.74, 6) is 0.641. The molecule has 22 heavy (non-hydrogen) atoms. The van der Waals surface area contributed by atoms with Crippen LogP contribution in [0.4, 0.5) is 5.69 Å². The van der Waals surface area contributed by atoms with Crippen molar-refractivity contribution in [2.45, 2.75) is 26.5 Å². The minimum Gasteiger partial charge on any atom is -0.487 e. The van der Waals surface area contributed by atoms with Gasteiger partial charge < -0.3 is 10.5 Å². The van der Waals surface area contributed by atoms with E-state index in [0.29, 0.717) is 18.8 Å². The third-order valence-corrected chi connectivity index (χ3v) is 4.24. The number of benzene rings is 1. The summed E-state index contributed by atoms with van der Waals surface area (Å²) in [5, 5.41) is 2.53. The Morgan fingerprint density at radius 2 is 2.32 bits per heavy atom. The number of anilines is 1. The van der Waals surface area contributed by atoms with Gasteiger partial charge >= 0.3 is 0 Å². The molecule has 0 bridgehead atoms. The number of aryl methyl sites for hydroxylation is 1. The summed E-state index contributed by atoms with van der Waals surface area (Å²) < 4.78 is 5.82. The number of thiazole rings is 1. The molecule has 0 saturated heterocycles. The molecule has 0 saturated carbocycles. The van der Waals surface area contributed by atoms with E-state index in [-0.39, 0.29) is 24.4 Å². The van der Waals surface area contributed by atoms with Crippen molar-refractivity contribution in [3.8, 4) is 5.75 Å². The minimum atomic E-state index is -0.105. The molecule has 2 heterocycles. The number of aromatic nitrogens is 1. The van der Waals surface area contributed by atoms with E-state index in [2.05, 4.69) is 4.98 Å². The van der Waals surface area contributed by atoms with Gasteiger partial charge in [0.15, 0.2) is 0 Å². The average Bonchev–Trinajstić information content (AvgIpc) is 2.94. The van der Waals surface area contributed by atoms with Crippen molar-refractivity contribution in [2.24, 2.45) is 5.73 Å². The van der Waals surface area contributed by atoms with E-state index in [1.165, 1.54) is 11.3 Å². The highest BCUT2D eigenvalue weighted by Gasteiger charge is 2.29. The fourth-order valence-corrected chi connectivity index (χ4v) is 3.03. The number of rotatable bonds is 2. The highest BCUT2D eigenvalue weighted by atomic mass is 35.5. The van der Waals surface area contributed by atoms with Crippen LogP contribution in [0.2, 0.25) is 0 Å². The lowest BCUT2D eigenvalue weighted by molar-refractivity contribution is 0.0957. The number of hydrogen-bond donors (Lipinski definition) is 1. The van der Waals surface area contributed by atoms with Crippen molar-refractivity contribution < 1.29 is 9.53 Å². The Balaban J connectivity index is 0.00000176. The molecule has 0 spiro atoms. The van der Waals surface area contributed by atoms with Crippen molar-refractivity contribution in [2.75, 3.05) is 11.4 Å². The molecule has 3 rings (SSSR count). The number of halogens is 1. The Morgan fingerprint density at radius 3 is 3.00 bits per heavy atom. The minimum absolute atomic E-state index is 0. The predicted octanol–water partition coefficient (Wildman–Crippen LogP) is 2.76. The Hall–Kier alpha value is -1.63. The van der Waals surface area contributed by atoms with E-state index in [0.717, 1.165) is 22.0 Å². The Labute approximate surface area is 139 Å². The predicted molar refractivity (Wildman–Crippen MR) is 90.2 cm³/mol. The van der Waals surface area contributed by atoms with Crippen LogP contribution >= 0.6 is 23.7 Å². The molecular weight excluding hydrogens is 322 g/mol. The Bertz CT molecular complexity index is 689. The molecular formula is C15H18ClN3O2S. The maximum atomic E-state index is 12.7. The van der Waals surface area contributed by atoms with Crippen LogP contribution in [0.5, 0.6) is 5.75 Å². The van der Waals surface area contributed by atoms with Crippen LogP contribution in [0, 0.1) is 6.92 Å². The summed E-state index contributed by atoms with van der Waals surface area (Å²) in [4.78, 5) is 18.7. The lowest BCUT2D eigenvalue weighted by Crippen LogP contribution is -2.42. The first-order chi connectivity index (χ1) is 10.1. The molecule has 0 radical (unpaired) electrons. The second-order valence-electron chi connectivity index (χ2n) is 5.15. The second-order valence-corrected chi connectivity index (χ2v) is 6.09. The lowest BCUT2D eigenvalue weighted by Gasteiger charge is -2.33. The van der Waals surface area contributed by atoms with Crippen LogP contribution in [0.3, 0.4) is 0 Å². The van der Waals surface area contributed by atoms with Gasteiger partial charge in [0.2, 0.25) is 0 Å². The van der Waals surface area contributed by atoms with Crippen molar-refractivity contribution >= 4 is 35.3 Å². The monoisotopic (exact) mass is 339 g/mol. The van der Waals surface area contributed by atoms with E-state index < -0.39 is 0 Å². The van der Waals surface area contributed by atoms with Gasteiger partial charge in [0, 0.05) is 11.9 Å². The summed E-state index contributed by atoms with van der Waals surface area (Å²) >= 11 is 1.41. The smallest absolute Gasteiger partial charge is 0.277 e. The molecule has 118 valence electrons. The fraction of sp³-hybridized carbons (Fsp3) is 0.333. The molecule has 1 unspecified atom stereocenters. The number of carbonyl (C=O) groups excluding carboxylic acids is 1. The number of nitrogens with two attached hydrogens (primary N) is 1. The molecule has 1 aliphatic rings. The molecule has 1 atom stereocenters. The Kier molecular flexibility index (Phi) is 5.05. The first kappa shape index (κ1) is 16.7. The van der Waals surface area contributed by atoms with Crippen molar-refractivity contribution in [3.05, 3.63) is 39.8 Å². The molecule has 1 aliphatic heterocycles. The SMILES string of the molecule is Cc1ccc2c(c1)OC(C)CN2C(=O)c1csc(CN)n1.Cl. The maximum absolute atomic E-state index is 12.7. The van der Waals surface area contributed by atoms with Crippen molar-refractivity contribution in [1.29, 1.82) is 0 Å². The fourth-order valence-electron chi connectivity index (χ4n) is 2.38. The topological polar surface area (TPSA) is 68.5 Å². The van der Waals surface area contributed by atoms with E-state index in [9.17, 15) is 4.79 Å². The number of hydrogen-bond acceptors (Lipinski definition) is 5. The molecule has 7 heteroatoms. The molecule has 2 aromatic rings. The highest BCUT2D eigenvalue weighted by molar-refractivity contribution is 7.09. The van der Waals surface area contributed by atoms with Crippen LogP contribution in [0.1, 0.15) is 28.0 Å². The molecule has 1 aromatic heterocycles. The normalized spacial score (nSPS) is 16.5. The summed E-state index contributed by atoms with van der Waals surface area (Å²) in [6, 6.07) is 5.85. The Morgan fingerprint density at radius 1 is 1.55 bits per heavy atom. The average molecular weight is 340 g/mol. The summed E-state index contributed by atoms with van der Waals surface area (Å²) in [6.07, 6.45) is -0.0455. The maximum Gasteiger partial charge on any atom is 0.277 e. The van der Waals surface area contributed by atoms with Gasteiger partial charge in [0.1, 0.15) is 22.6 Å². The summed E-state index contributed by atoms with van der Waals surface area (Å²) in [7, 11) is 0. The van der Waals surface area contributed by atoms with Crippen LogP contribution in [0.15, 0.2) is 23.6 Å². The van der Waals surface area contributed by atoms with Crippen LogP contribution in [-0.2, 0) is 6.54 Å². The van der Waals surface area contributed by atoms with Gasteiger partial charge in [-0.05, 0) is 31.5 Å². The molecule has 2 N–H and O–H groups in total. The van der Waals surface area contributed by atoms with E-state index >= 15 is 0 Å². The van der Waals surface area contributed by atoms with Gasteiger partial charge in [0.05, 0.1) is 12.2 Å². The van der Waals surface area contributed by atoms with Gasteiger partial charge in [-0.15, -0.1) is 23.7 Å². The number of amides is 1. The van der Waals surface area contributed by atoms with Gasteiger partial charge in [-0.25, -0.2) is 4.98 Å². The summed E-state index contributed by atoms with van der Waals surface area (Å²) in [5.41, 5.74) is 7.91. The van der Waals surface area contributed by atoms with Crippen LogP contribution in [0.25, 0.3) is 0 Å². The molecule has 0 fully saturated rings. The van der Waals surface area contributed by atoms with E-state index in [1.807, 2.05) is 32.0 Å².